The monoisotopic (exact) mass is 267 g/mol. The highest BCUT2D eigenvalue weighted by Gasteiger charge is 2.23. The van der Waals surface area contributed by atoms with Gasteiger partial charge in [-0.1, -0.05) is 40.5 Å². The minimum Gasteiger partial charge on any atom is -0.246 e. The lowest BCUT2D eigenvalue weighted by Crippen LogP contribution is -2.15. The highest BCUT2D eigenvalue weighted by Crippen LogP contribution is 2.38. The van der Waals surface area contributed by atoms with Gasteiger partial charge in [0, 0.05) is 11.3 Å². The van der Waals surface area contributed by atoms with Gasteiger partial charge >= 0.3 is 0 Å². The van der Waals surface area contributed by atoms with Gasteiger partial charge < -0.3 is 0 Å². The number of hydrogen-bond acceptors (Lipinski definition) is 2. The van der Waals surface area contributed by atoms with Crippen molar-refractivity contribution in [2.45, 2.75) is 79.1 Å². The van der Waals surface area contributed by atoms with Crippen LogP contribution in [0.2, 0.25) is 0 Å². The van der Waals surface area contributed by atoms with Crippen LogP contribution in [-0.4, -0.2) is 4.98 Å². The second kappa shape index (κ2) is 7.28. The summed E-state index contributed by atoms with van der Waals surface area (Å²) in [4.78, 5) is 4.66. The predicted molar refractivity (Wildman–Crippen MR) is 82.4 cm³/mol. The van der Waals surface area contributed by atoms with Crippen LogP contribution in [0.5, 0.6) is 0 Å². The molecular weight excluding hydrogens is 238 g/mol. The Morgan fingerprint density at radius 3 is 2.17 bits per heavy atom. The quantitative estimate of drug-likeness (QED) is 0.613. The molecule has 1 heterocycles. The second-order valence-electron chi connectivity index (χ2n) is 5.94. The minimum absolute atomic E-state index is 0.572. The molecule has 1 nitrogen and oxygen atoms in total. The molecule has 1 aromatic rings. The first-order valence-electron chi connectivity index (χ1n) is 7.49. The first-order chi connectivity index (χ1) is 8.57. The van der Waals surface area contributed by atoms with Crippen LogP contribution in [0.4, 0.5) is 0 Å². The van der Waals surface area contributed by atoms with E-state index in [1.165, 1.54) is 49.2 Å². The van der Waals surface area contributed by atoms with Gasteiger partial charge in [0.25, 0.3) is 0 Å². The lowest BCUT2D eigenvalue weighted by molar-refractivity contribution is 0.255. The Labute approximate surface area is 117 Å². The Hall–Kier alpha value is -0.370. The summed E-state index contributed by atoms with van der Waals surface area (Å²) >= 11 is 1.80. The number of aryl methyl sites for hydroxylation is 1. The largest absolute Gasteiger partial charge is 0.246 e. The summed E-state index contributed by atoms with van der Waals surface area (Å²) in [5.41, 5.74) is 1.94. The summed E-state index contributed by atoms with van der Waals surface area (Å²) in [6.07, 6.45) is 8.18. The van der Waals surface area contributed by atoms with Crippen molar-refractivity contribution < 1.29 is 0 Å². The van der Waals surface area contributed by atoms with Gasteiger partial charge in [0.1, 0.15) is 0 Å². The van der Waals surface area contributed by atoms with Crippen LogP contribution in [0.3, 0.4) is 0 Å². The standard InChI is InChI=1S/C14H23NS.C2H6/c1-11-15-13(10-16-11)12-6-4-8-14(2,3)9-5-7-12;1-2/h10,12H,4-9H2,1-3H3;1-2H3. The lowest BCUT2D eigenvalue weighted by Gasteiger charge is -2.29. The summed E-state index contributed by atoms with van der Waals surface area (Å²) in [6, 6.07) is 0. The second-order valence-corrected chi connectivity index (χ2v) is 7.00. The zero-order valence-electron chi connectivity index (χ0n) is 12.8. The molecule has 2 rings (SSSR count). The van der Waals surface area contributed by atoms with Crippen LogP contribution in [0.25, 0.3) is 0 Å². The molecule has 0 bridgehead atoms. The average molecular weight is 267 g/mol. The number of thiazole rings is 1. The van der Waals surface area contributed by atoms with Crippen LogP contribution in [0, 0.1) is 12.3 Å². The van der Waals surface area contributed by atoms with Crippen LogP contribution in [0.15, 0.2) is 5.38 Å². The third-order valence-corrected chi connectivity index (χ3v) is 4.66. The van der Waals surface area contributed by atoms with Gasteiger partial charge in [-0.2, -0.15) is 0 Å². The molecule has 0 N–H and O–H groups in total. The van der Waals surface area contributed by atoms with Gasteiger partial charge in [0.2, 0.25) is 0 Å². The van der Waals surface area contributed by atoms with Gasteiger partial charge in [0.15, 0.2) is 0 Å². The summed E-state index contributed by atoms with van der Waals surface area (Å²) in [5.74, 6) is 0.737. The van der Waals surface area contributed by atoms with E-state index in [1.807, 2.05) is 13.8 Å². The molecule has 1 saturated carbocycles. The minimum atomic E-state index is 0.572. The third kappa shape index (κ3) is 4.72. The van der Waals surface area contributed by atoms with Gasteiger partial charge in [-0.3, -0.25) is 0 Å². The van der Waals surface area contributed by atoms with Crippen LogP contribution in [-0.2, 0) is 0 Å². The van der Waals surface area contributed by atoms with E-state index in [2.05, 4.69) is 31.1 Å². The molecule has 1 aliphatic rings. The maximum atomic E-state index is 4.66. The summed E-state index contributed by atoms with van der Waals surface area (Å²) in [7, 11) is 0. The SMILES string of the molecule is CC.Cc1nc(C2CCCC(C)(C)CCC2)cs1. The maximum Gasteiger partial charge on any atom is 0.0897 e. The fourth-order valence-corrected chi connectivity index (χ4v) is 3.48. The predicted octanol–water partition coefficient (Wildman–Crippen LogP) is 5.94. The first kappa shape index (κ1) is 15.7. The van der Waals surface area contributed by atoms with Crippen LogP contribution < -0.4 is 0 Å². The van der Waals surface area contributed by atoms with E-state index in [4.69, 9.17) is 0 Å². The highest BCUT2D eigenvalue weighted by molar-refractivity contribution is 7.09. The van der Waals surface area contributed by atoms with Crippen molar-refractivity contribution in [1.29, 1.82) is 0 Å². The fraction of sp³-hybridized carbons (Fsp3) is 0.812. The van der Waals surface area contributed by atoms with E-state index in [1.54, 1.807) is 11.3 Å². The summed E-state index contributed by atoms with van der Waals surface area (Å²) < 4.78 is 0. The lowest BCUT2D eigenvalue weighted by atomic mass is 9.77. The van der Waals surface area contributed by atoms with E-state index in [0.29, 0.717) is 5.41 Å². The molecule has 0 amide bonds. The Morgan fingerprint density at radius 1 is 1.17 bits per heavy atom. The van der Waals surface area contributed by atoms with E-state index in [0.717, 1.165) is 5.92 Å². The van der Waals surface area contributed by atoms with E-state index < -0.39 is 0 Å². The molecule has 104 valence electrons. The average Bonchev–Trinajstić information content (AvgIpc) is 2.73. The molecule has 1 aromatic heterocycles. The molecule has 0 radical (unpaired) electrons. The van der Waals surface area contributed by atoms with E-state index in [-0.39, 0.29) is 0 Å². The molecule has 1 fully saturated rings. The Balaban J connectivity index is 0.000000771. The van der Waals surface area contributed by atoms with Gasteiger partial charge in [-0.15, -0.1) is 11.3 Å². The van der Waals surface area contributed by atoms with E-state index in [9.17, 15) is 0 Å². The number of aromatic nitrogens is 1. The normalized spacial score (nSPS) is 20.5. The van der Waals surface area contributed by atoms with Crippen molar-refractivity contribution >= 4 is 11.3 Å². The maximum absolute atomic E-state index is 4.66. The van der Waals surface area contributed by atoms with Crippen molar-refractivity contribution in [3.63, 3.8) is 0 Å². The molecule has 2 heteroatoms. The summed E-state index contributed by atoms with van der Waals surface area (Å²) in [6.45, 7) is 10.9. The van der Waals surface area contributed by atoms with Crippen molar-refractivity contribution in [1.82, 2.24) is 4.98 Å². The zero-order chi connectivity index (χ0) is 13.6. The van der Waals surface area contributed by atoms with Crippen molar-refractivity contribution in [3.05, 3.63) is 16.1 Å². The van der Waals surface area contributed by atoms with E-state index >= 15 is 0 Å². The van der Waals surface area contributed by atoms with Gasteiger partial charge in [0.05, 0.1) is 10.7 Å². The molecular formula is C16H29NS. The molecule has 0 spiro atoms. The smallest absolute Gasteiger partial charge is 0.0897 e. The molecule has 0 aromatic carbocycles. The number of nitrogens with zero attached hydrogens (tertiary/aromatic N) is 1. The first-order valence-corrected chi connectivity index (χ1v) is 8.37. The third-order valence-electron chi connectivity index (χ3n) is 3.87. The Bertz CT molecular complexity index is 329. The van der Waals surface area contributed by atoms with Crippen molar-refractivity contribution in [3.8, 4) is 0 Å². The van der Waals surface area contributed by atoms with Gasteiger partial charge in [-0.25, -0.2) is 4.98 Å². The highest BCUT2D eigenvalue weighted by atomic mass is 32.1. The van der Waals surface area contributed by atoms with Crippen molar-refractivity contribution in [2.75, 3.05) is 0 Å². The summed E-state index contributed by atoms with van der Waals surface area (Å²) in [5, 5.41) is 3.49. The van der Waals surface area contributed by atoms with Crippen LogP contribution >= 0.6 is 11.3 Å². The zero-order valence-corrected chi connectivity index (χ0v) is 13.6. The molecule has 0 saturated heterocycles. The topological polar surface area (TPSA) is 12.9 Å². The van der Waals surface area contributed by atoms with Gasteiger partial charge in [-0.05, 0) is 38.0 Å². The Kier molecular flexibility index (Phi) is 6.34. The molecule has 1 aliphatic carbocycles. The molecule has 0 aliphatic heterocycles. The fourth-order valence-electron chi connectivity index (χ4n) is 2.79. The molecule has 18 heavy (non-hydrogen) atoms. The number of rotatable bonds is 1. The number of hydrogen-bond donors (Lipinski definition) is 0. The van der Waals surface area contributed by atoms with Crippen molar-refractivity contribution in [2.24, 2.45) is 5.41 Å². The molecule has 0 atom stereocenters. The van der Waals surface area contributed by atoms with Crippen LogP contribution in [0.1, 0.15) is 82.8 Å². The molecule has 0 unspecified atom stereocenters. The Morgan fingerprint density at radius 2 is 1.72 bits per heavy atom.